The van der Waals surface area contributed by atoms with Crippen LogP contribution in [0.4, 0.5) is 0 Å². The lowest BCUT2D eigenvalue weighted by Crippen LogP contribution is -2.36. The van der Waals surface area contributed by atoms with Crippen LogP contribution in [-0.4, -0.2) is 97.3 Å². The van der Waals surface area contributed by atoms with Gasteiger partial charge in [0, 0.05) is 26.2 Å². The van der Waals surface area contributed by atoms with Gasteiger partial charge in [-0.15, -0.1) is 0 Å². The number of rotatable bonds is 12. The number of hydrogen-bond donors (Lipinski definition) is 2. The lowest BCUT2D eigenvalue weighted by Gasteiger charge is -2.26. The van der Waals surface area contributed by atoms with Crippen LogP contribution in [0.5, 0.6) is 0 Å². The molecule has 2 fully saturated rings. The van der Waals surface area contributed by atoms with Gasteiger partial charge in [-0.05, 0) is 104 Å². The molecule has 0 bridgehead atoms. The molecule has 210 valence electrons. The molecule has 0 aromatic heterocycles. The SMILES string of the molecule is ON=C(CCCCN1CCOCC1)c1ccc2c(c1)Cc1cc(C(CCCCN3CCOCC3)=NO)ccc1-2. The number of hydrogen-bond acceptors (Lipinski definition) is 8. The Morgan fingerprint density at radius 3 is 1.49 bits per heavy atom. The van der Waals surface area contributed by atoms with E-state index in [1.165, 1.54) is 22.3 Å². The Bertz CT molecular complexity index is 1060. The third-order valence-electron chi connectivity index (χ3n) is 8.27. The van der Waals surface area contributed by atoms with Gasteiger partial charge in [0.05, 0.1) is 37.9 Å². The zero-order chi connectivity index (χ0) is 26.9. The van der Waals surface area contributed by atoms with Crippen LogP contribution in [0.15, 0.2) is 46.7 Å². The minimum Gasteiger partial charge on any atom is -0.411 e. The van der Waals surface area contributed by atoms with Gasteiger partial charge >= 0.3 is 0 Å². The number of oxime groups is 2. The van der Waals surface area contributed by atoms with Crippen LogP contribution in [0.1, 0.15) is 60.8 Å². The van der Waals surface area contributed by atoms with Crippen molar-refractivity contribution in [3.05, 3.63) is 58.7 Å². The molecule has 1 aliphatic carbocycles. The summed E-state index contributed by atoms with van der Waals surface area (Å²) in [7, 11) is 0. The molecule has 39 heavy (non-hydrogen) atoms. The zero-order valence-electron chi connectivity index (χ0n) is 23.0. The molecule has 0 saturated carbocycles. The highest BCUT2D eigenvalue weighted by Crippen LogP contribution is 2.38. The van der Waals surface area contributed by atoms with Gasteiger partial charge in [0.1, 0.15) is 0 Å². The normalized spacial score (nSPS) is 18.8. The molecule has 2 aliphatic heterocycles. The Kier molecular flexibility index (Phi) is 9.99. The molecular weight excluding hydrogens is 492 g/mol. The van der Waals surface area contributed by atoms with Crippen LogP contribution < -0.4 is 0 Å². The summed E-state index contributed by atoms with van der Waals surface area (Å²) in [6, 6.07) is 12.8. The standard InChI is InChI=1S/C31H42N4O4/c36-32-30(5-1-3-11-34-13-17-38-18-14-34)24-7-9-28-26(21-24)23-27-22-25(8-10-29(27)28)31(33-37)6-2-4-12-35-15-19-39-20-16-35/h7-10,21-22,36-37H,1-6,11-20,23H2. The molecule has 2 N–H and O–H groups in total. The largest absolute Gasteiger partial charge is 0.411 e. The summed E-state index contributed by atoms with van der Waals surface area (Å²) in [5.41, 5.74) is 8.47. The Labute approximate surface area is 231 Å². The summed E-state index contributed by atoms with van der Waals surface area (Å²) in [6.45, 7) is 9.47. The molecule has 8 nitrogen and oxygen atoms in total. The molecule has 5 rings (SSSR count). The number of ether oxygens (including phenoxy) is 2. The number of unbranched alkanes of at least 4 members (excludes halogenated alkanes) is 2. The summed E-state index contributed by atoms with van der Waals surface area (Å²) in [4.78, 5) is 4.89. The van der Waals surface area contributed by atoms with Crippen molar-refractivity contribution >= 4 is 11.4 Å². The highest BCUT2D eigenvalue weighted by Gasteiger charge is 2.21. The summed E-state index contributed by atoms with van der Waals surface area (Å²) >= 11 is 0. The highest BCUT2D eigenvalue weighted by molar-refractivity contribution is 6.02. The molecule has 2 heterocycles. The Morgan fingerprint density at radius 2 is 1.08 bits per heavy atom. The lowest BCUT2D eigenvalue weighted by atomic mass is 9.97. The van der Waals surface area contributed by atoms with E-state index in [9.17, 15) is 10.4 Å². The molecular formula is C31H42N4O4. The summed E-state index contributed by atoms with van der Waals surface area (Å²) in [5.74, 6) is 0. The van der Waals surface area contributed by atoms with E-state index in [1.807, 2.05) is 0 Å². The highest BCUT2D eigenvalue weighted by atomic mass is 16.5. The number of nitrogens with zero attached hydrogens (tertiary/aromatic N) is 4. The topological polar surface area (TPSA) is 90.1 Å². The van der Waals surface area contributed by atoms with Crippen LogP contribution >= 0.6 is 0 Å². The van der Waals surface area contributed by atoms with E-state index in [1.54, 1.807) is 0 Å². The van der Waals surface area contributed by atoms with Crippen LogP contribution in [0.2, 0.25) is 0 Å². The van der Waals surface area contributed by atoms with Crippen LogP contribution in [0.25, 0.3) is 11.1 Å². The summed E-state index contributed by atoms with van der Waals surface area (Å²) < 4.78 is 10.9. The molecule has 3 aliphatic rings. The van der Waals surface area contributed by atoms with Gasteiger partial charge in [-0.25, -0.2) is 0 Å². The predicted octanol–water partition coefficient (Wildman–Crippen LogP) is 4.62. The van der Waals surface area contributed by atoms with E-state index in [2.05, 4.69) is 56.5 Å². The molecule has 2 saturated heterocycles. The maximum Gasteiger partial charge on any atom is 0.0867 e. The van der Waals surface area contributed by atoms with Crippen molar-refractivity contribution in [2.24, 2.45) is 10.3 Å². The van der Waals surface area contributed by atoms with Crippen molar-refractivity contribution in [1.29, 1.82) is 0 Å². The first-order valence-corrected chi connectivity index (χ1v) is 14.5. The Hall–Kier alpha value is -2.78. The molecule has 0 spiro atoms. The maximum atomic E-state index is 9.75. The number of benzene rings is 2. The van der Waals surface area contributed by atoms with Crippen molar-refractivity contribution < 1.29 is 19.9 Å². The first-order chi connectivity index (χ1) is 19.2. The van der Waals surface area contributed by atoms with Crippen molar-refractivity contribution in [2.45, 2.75) is 44.9 Å². The first-order valence-electron chi connectivity index (χ1n) is 14.5. The second-order valence-electron chi connectivity index (χ2n) is 10.8. The summed E-state index contributed by atoms with van der Waals surface area (Å²) in [5, 5.41) is 26.8. The van der Waals surface area contributed by atoms with Crippen molar-refractivity contribution in [2.75, 3.05) is 65.7 Å². The van der Waals surface area contributed by atoms with Gasteiger partial charge in [-0.1, -0.05) is 34.6 Å². The molecule has 0 amide bonds. The van der Waals surface area contributed by atoms with Gasteiger partial charge in [-0.3, -0.25) is 9.80 Å². The lowest BCUT2D eigenvalue weighted by molar-refractivity contribution is 0.0372. The van der Waals surface area contributed by atoms with E-state index >= 15 is 0 Å². The zero-order valence-corrected chi connectivity index (χ0v) is 23.0. The fraction of sp³-hybridized carbons (Fsp3) is 0.548. The predicted molar refractivity (Wildman–Crippen MR) is 154 cm³/mol. The van der Waals surface area contributed by atoms with E-state index in [0.717, 1.165) is 133 Å². The first kappa shape index (κ1) is 27.8. The average Bonchev–Trinajstić information content (AvgIpc) is 3.35. The van der Waals surface area contributed by atoms with Gasteiger partial charge in [0.15, 0.2) is 0 Å². The third kappa shape index (κ3) is 7.25. The van der Waals surface area contributed by atoms with E-state index in [0.29, 0.717) is 0 Å². The fourth-order valence-electron chi connectivity index (χ4n) is 5.98. The molecule has 0 unspecified atom stereocenters. The van der Waals surface area contributed by atoms with E-state index < -0.39 is 0 Å². The van der Waals surface area contributed by atoms with Gasteiger partial charge in [0.2, 0.25) is 0 Å². The Morgan fingerprint density at radius 1 is 0.641 bits per heavy atom. The monoisotopic (exact) mass is 534 g/mol. The minimum atomic E-state index is 0.753. The quantitative estimate of drug-likeness (QED) is 0.153. The van der Waals surface area contributed by atoms with Crippen LogP contribution in [0.3, 0.4) is 0 Å². The van der Waals surface area contributed by atoms with Crippen LogP contribution in [0, 0.1) is 0 Å². The maximum absolute atomic E-state index is 9.75. The number of fused-ring (bicyclic) bond motifs is 3. The molecule has 2 aromatic rings. The summed E-state index contributed by atoms with van der Waals surface area (Å²) in [6.07, 6.45) is 6.51. The molecule has 0 atom stereocenters. The van der Waals surface area contributed by atoms with Gasteiger partial charge in [0.25, 0.3) is 0 Å². The third-order valence-corrected chi connectivity index (χ3v) is 8.27. The Balaban J connectivity index is 1.15. The fourth-order valence-corrected chi connectivity index (χ4v) is 5.98. The second kappa shape index (κ2) is 14.0. The van der Waals surface area contributed by atoms with Crippen molar-refractivity contribution in [1.82, 2.24) is 9.80 Å². The molecule has 8 heteroatoms. The minimum absolute atomic E-state index is 0.753. The van der Waals surface area contributed by atoms with E-state index in [4.69, 9.17) is 9.47 Å². The second-order valence-corrected chi connectivity index (χ2v) is 10.8. The number of morpholine rings is 2. The van der Waals surface area contributed by atoms with Crippen molar-refractivity contribution in [3.63, 3.8) is 0 Å². The average molecular weight is 535 g/mol. The van der Waals surface area contributed by atoms with Gasteiger partial charge < -0.3 is 19.9 Å². The molecule has 2 aromatic carbocycles. The molecule has 0 radical (unpaired) electrons. The van der Waals surface area contributed by atoms with Gasteiger partial charge in [-0.2, -0.15) is 0 Å². The van der Waals surface area contributed by atoms with Crippen molar-refractivity contribution in [3.8, 4) is 11.1 Å². The van der Waals surface area contributed by atoms with Crippen LogP contribution in [-0.2, 0) is 15.9 Å². The van der Waals surface area contributed by atoms with E-state index in [-0.39, 0.29) is 0 Å². The smallest absolute Gasteiger partial charge is 0.0867 e.